The zero-order valence-electron chi connectivity index (χ0n) is 20.4. The number of rotatable bonds is 7. The molecule has 1 heterocycles. The maximum atomic E-state index is 13.7. The molecular weight excluding hydrogens is 424 g/mol. The molecule has 0 N–H and O–H groups in total. The molecule has 3 amide bonds. The molecule has 0 aromatic heterocycles. The minimum atomic E-state index is -0.784. The number of benzene rings is 2. The molecule has 1 fully saturated rings. The van der Waals surface area contributed by atoms with Crippen molar-refractivity contribution in [1.29, 1.82) is 0 Å². The van der Waals surface area contributed by atoms with Gasteiger partial charge in [-0.15, -0.1) is 0 Å². The molecule has 1 aliphatic heterocycles. The maximum Gasteiger partial charge on any atom is 0.257 e. The molecule has 2 aliphatic rings. The van der Waals surface area contributed by atoms with Crippen molar-refractivity contribution in [3.8, 4) is 0 Å². The van der Waals surface area contributed by atoms with Gasteiger partial charge in [-0.3, -0.25) is 14.4 Å². The summed E-state index contributed by atoms with van der Waals surface area (Å²) in [6.45, 7) is 6.55. The molecule has 1 saturated heterocycles. The summed E-state index contributed by atoms with van der Waals surface area (Å²) in [6.07, 6.45) is 7.50. The predicted molar refractivity (Wildman–Crippen MR) is 135 cm³/mol. The van der Waals surface area contributed by atoms with E-state index in [9.17, 15) is 14.4 Å². The average molecular weight is 459 g/mol. The van der Waals surface area contributed by atoms with E-state index in [1.807, 2.05) is 49.4 Å². The number of aryl methyl sites for hydroxylation is 1. The Morgan fingerprint density at radius 2 is 1.79 bits per heavy atom. The van der Waals surface area contributed by atoms with Crippen LogP contribution >= 0.6 is 0 Å². The van der Waals surface area contributed by atoms with E-state index < -0.39 is 6.04 Å². The monoisotopic (exact) mass is 458 g/mol. The van der Waals surface area contributed by atoms with Crippen molar-refractivity contribution < 1.29 is 14.4 Å². The lowest BCUT2D eigenvalue weighted by molar-refractivity contribution is -0.122. The molecule has 5 nitrogen and oxygen atoms in total. The minimum absolute atomic E-state index is 0.0153. The van der Waals surface area contributed by atoms with E-state index >= 15 is 0 Å². The van der Waals surface area contributed by atoms with Gasteiger partial charge in [0.15, 0.2) is 0 Å². The van der Waals surface area contributed by atoms with Gasteiger partial charge < -0.3 is 4.90 Å². The number of allylic oxidation sites excluding steroid dienone is 1. The van der Waals surface area contributed by atoms with Crippen LogP contribution in [0.3, 0.4) is 0 Å². The van der Waals surface area contributed by atoms with E-state index in [0.29, 0.717) is 23.7 Å². The highest BCUT2D eigenvalue weighted by Gasteiger charge is 2.44. The van der Waals surface area contributed by atoms with Crippen LogP contribution in [0.25, 0.3) is 0 Å². The number of hydrogen-bond donors (Lipinski definition) is 0. The van der Waals surface area contributed by atoms with Gasteiger partial charge >= 0.3 is 0 Å². The topological polar surface area (TPSA) is 57.7 Å². The molecule has 1 aliphatic carbocycles. The van der Waals surface area contributed by atoms with Crippen molar-refractivity contribution in [3.63, 3.8) is 0 Å². The van der Waals surface area contributed by atoms with Crippen LogP contribution in [0.15, 0.2) is 60.2 Å². The molecule has 2 aromatic carbocycles. The molecule has 4 rings (SSSR count). The molecule has 0 spiro atoms. The minimum Gasteiger partial charge on any atom is -0.326 e. The van der Waals surface area contributed by atoms with Crippen molar-refractivity contribution >= 4 is 23.4 Å². The molecule has 178 valence electrons. The molecule has 2 aromatic rings. The zero-order chi connectivity index (χ0) is 24.2. The van der Waals surface area contributed by atoms with Gasteiger partial charge in [-0.25, -0.2) is 4.90 Å². The summed E-state index contributed by atoms with van der Waals surface area (Å²) in [7, 11) is 0. The van der Waals surface area contributed by atoms with E-state index in [4.69, 9.17) is 0 Å². The Balaban J connectivity index is 1.61. The van der Waals surface area contributed by atoms with Crippen LogP contribution in [0.1, 0.15) is 79.8 Å². The quantitative estimate of drug-likeness (QED) is 0.390. The first-order valence-electron chi connectivity index (χ1n) is 12.4. The van der Waals surface area contributed by atoms with Gasteiger partial charge in [-0.2, -0.15) is 0 Å². The van der Waals surface area contributed by atoms with E-state index in [2.05, 4.69) is 19.9 Å². The molecule has 1 unspecified atom stereocenters. The first-order chi connectivity index (χ1) is 16.4. The van der Waals surface area contributed by atoms with E-state index in [1.165, 1.54) is 23.3 Å². The van der Waals surface area contributed by atoms with Gasteiger partial charge in [0.05, 0.1) is 12.1 Å². The van der Waals surface area contributed by atoms with Crippen LogP contribution in [0.4, 0.5) is 5.69 Å². The molecule has 0 radical (unpaired) electrons. The summed E-state index contributed by atoms with van der Waals surface area (Å²) in [5, 5.41) is 0. The molecule has 1 atom stereocenters. The smallest absolute Gasteiger partial charge is 0.257 e. The van der Waals surface area contributed by atoms with Crippen LogP contribution in [-0.2, 0) is 9.59 Å². The van der Waals surface area contributed by atoms with Gasteiger partial charge in [-0.1, -0.05) is 55.8 Å². The molecule has 0 saturated carbocycles. The Labute approximate surface area is 202 Å². The fourth-order valence-electron chi connectivity index (χ4n) is 4.90. The summed E-state index contributed by atoms with van der Waals surface area (Å²) in [5.41, 5.74) is 4.51. The fourth-order valence-corrected chi connectivity index (χ4v) is 4.90. The SMILES string of the molecule is Cc1ccccc1C(=O)N(CCC1=CCCCC1)C1CC(=O)N(c2ccc(C(C)C)cc2)C1=O. The highest BCUT2D eigenvalue weighted by atomic mass is 16.2. The second-order valence-corrected chi connectivity index (χ2v) is 9.71. The second kappa shape index (κ2) is 10.4. The van der Waals surface area contributed by atoms with Crippen molar-refractivity contribution in [2.24, 2.45) is 0 Å². The highest BCUT2D eigenvalue weighted by molar-refractivity contribution is 6.23. The van der Waals surface area contributed by atoms with Crippen LogP contribution in [0.2, 0.25) is 0 Å². The Morgan fingerprint density at radius 3 is 2.44 bits per heavy atom. The highest BCUT2D eigenvalue weighted by Crippen LogP contribution is 2.29. The lowest BCUT2D eigenvalue weighted by Gasteiger charge is -2.29. The number of hydrogen-bond acceptors (Lipinski definition) is 3. The third-order valence-corrected chi connectivity index (χ3v) is 7.01. The van der Waals surface area contributed by atoms with Crippen molar-refractivity contribution in [2.45, 2.75) is 71.3 Å². The molecule has 34 heavy (non-hydrogen) atoms. The summed E-state index contributed by atoms with van der Waals surface area (Å²) >= 11 is 0. The molecule has 0 bridgehead atoms. The third kappa shape index (κ3) is 4.98. The van der Waals surface area contributed by atoms with Gasteiger partial charge in [0.2, 0.25) is 5.91 Å². The van der Waals surface area contributed by atoms with E-state index in [-0.39, 0.29) is 24.1 Å². The van der Waals surface area contributed by atoms with Crippen molar-refractivity contribution in [1.82, 2.24) is 4.90 Å². The summed E-state index contributed by atoms with van der Waals surface area (Å²) < 4.78 is 0. The van der Waals surface area contributed by atoms with E-state index in [1.54, 1.807) is 11.0 Å². The summed E-state index contributed by atoms with van der Waals surface area (Å²) in [6, 6.07) is 14.2. The van der Waals surface area contributed by atoms with Crippen LogP contribution in [0.5, 0.6) is 0 Å². The summed E-state index contributed by atoms with van der Waals surface area (Å²) in [5.74, 6) is -0.394. The van der Waals surface area contributed by atoms with Gasteiger partial charge in [0, 0.05) is 12.1 Å². The number of imide groups is 1. The van der Waals surface area contributed by atoms with Gasteiger partial charge in [0.25, 0.3) is 11.8 Å². The predicted octanol–water partition coefficient (Wildman–Crippen LogP) is 5.78. The van der Waals surface area contributed by atoms with Crippen molar-refractivity contribution in [2.75, 3.05) is 11.4 Å². The maximum absolute atomic E-state index is 13.7. The second-order valence-electron chi connectivity index (χ2n) is 9.71. The van der Waals surface area contributed by atoms with Crippen LogP contribution in [0, 0.1) is 6.92 Å². The first-order valence-corrected chi connectivity index (χ1v) is 12.4. The van der Waals surface area contributed by atoms with Gasteiger partial charge in [-0.05, 0) is 74.3 Å². The molecule has 5 heteroatoms. The largest absolute Gasteiger partial charge is 0.326 e. The number of amides is 3. The van der Waals surface area contributed by atoms with Crippen LogP contribution < -0.4 is 4.90 Å². The average Bonchev–Trinajstić information content (AvgIpc) is 3.13. The summed E-state index contributed by atoms with van der Waals surface area (Å²) in [4.78, 5) is 43.1. The lowest BCUT2D eigenvalue weighted by Crippen LogP contribution is -2.46. The van der Waals surface area contributed by atoms with Gasteiger partial charge in [0.1, 0.15) is 6.04 Å². The Bertz CT molecular complexity index is 1100. The molecular formula is C29H34N2O3. The fraction of sp³-hybridized carbons (Fsp3) is 0.414. The lowest BCUT2D eigenvalue weighted by atomic mass is 9.96. The van der Waals surface area contributed by atoms with Crippen LogP contribution in [-0.4, -0.2) is 35.2 Å². The Kier molecular flexibility index (Phi) is 7.30. The Hall–Kier alpha value is -3.21. The number of carbonyl (C=O) groups excluding carboxylic acids is 3. The van der Waals surface area contributed by atoms with Crippen molar-refractivity contribution in [3.05, 3.63) is 76.9 Å². The standard InChI is InChI=1S/C29H34N2O3/c1-20(2)23-13-15-24(16-14-23)31-27(32)19-26(29(31)34)30(18-17-22-10-5-4-6-11-22)28(33)25-12-8-7-9-21(25)3/h7-10,12-16,20,26H,4-6,11,17-19H2,1-3H3. The Morgan fingerprint density at radius 1 is 1.06 bits per heavy atom. The number of anilines is 1. The number of carbonyl (C=O) groups is 3. The normalized spacial score (nSPS) is 18.4. The first kappa shape index (κ1) is 23.9. The van der Waals surface area contributed by atoms with E-state index in [0.717, 1.165) is 30.4 Å². The zero-order valence-corrected chi connectivity index (χ0v) is 20.4. The third-order valence-electron chi connectivity index (χ3n) is 7.01. The number of nitrogens with zero attached hydrogens (tertiary/aromatic N) is 2.